The molecule has 3 heteroatoms. The Hall–Kier alpha value is -0.590. The highest BCUT2D eigenvalue weighted by molar-refractivity contribution is 4.89. The van der Waals surface area contributed by atoms with Crippen LogP contribution in [0.3, 0.4) is 0 Å². The smallest absolute Gasteiger partial charge is 0.0638 e. The first-order chi connectivity index (χ1) is 6.81. The van der Waals surface area contributed by atoms with E-state index in [1.165, 1.54) is 25.9 Å². The highest BCUT2D eigenvalue weighted by Crippen LogP contribution is 2.27. The van der Waals surface area contributed by atoms with Crippen molar-refractivity contribution in [2.24, 2.45) is 0 Å². The average Bonchev–Trinajstić information content (AvgIpc) is 3.02. The van der Waals surface area contributed by atoms with Crippen LogP contribution in [0.15, 0.2) is 0 Å². The molecule has 3 nitrogen and oxygen atoms in total. The first-order valence-electron chi connectivity index (χ1n) is 5.66. The van der Waals surface area contributed by atoms with E-state index in [1.807, 2.05) is 0 Å². The van der Waals surface area contributed by atoms with Gasteiger partial charge in [0, 0.05) is 38.3 Å². The molecule has 0 aromatic rings. The molecule has 0 aromatic carbocycles. The van der Waals surface area contributed by atoms with Gasteiger partial charge in [-0.25, -0.2) is 0 Å². The molecule has 1 unspecified atom stereocenters. The van der Waals surface area contributed by atoms with Gasteiger partial charge in [-0.2, -0.15) is 5.26 Å². The Morgan fingerprint density at radius 2 is 1.93 bits per heavy atom. The molecule has 0 spiro atoms. The molecule has 1 aliphatic heterocycles. The van der Waals surface area contributed by atoms with Crippen molar-refractivity contribution in [1.82, 2.24) is 9.80 Å². The minimum atomic E-state index is 0.446. The molecule has 2 rings (SSSR count). The Morgan fingerprint density at radius 3 is 2.43 bits per heavy atom. The summed E-state index contributed by atoms with van der Waals surface area (Å²) < 4.78 is 0. The van der Waals surface area contributed by atoms with Gasteiger partial charge in [0.2, 0.25) is 0 Å². The minimum Gasteiger partial charge on any atom is -0.298 e. The van der Waals surface area contributed by atoms with Crippen LogP contribution in [0, 0.1) is 11.3 Å². The molecule has 1 aliphatic carbocycles. The Morgan fingerprint density at radius 1 is 1.29 bits per heavy atom. The molecule has 1 saturated heterocycles. The Balaban J connectivity index is 1.74. The molecule has 0 N–H and O–H groups in total. The summed E-state index contributed by atoms with van der Waals surface area (Å²) in [5.41, 5.74) is 0. The van der Waals surface area contributed by atoms with E-state index in [4.69, 9.17) is 5.26 Å². The van der Waals surface area contributed by atoms with Crippen molar-refractivity contribution in [3.8, 4) is 6.07 Å². The van der Waals surface area contributed by atoms with E-state index < -0.39 is 0 Å². The molecule has 1 atom stereocenters. The summed E-state index contributed by atoms with van der Waals surface area (Å²) in [6.45, 7) is 6.88. The first kappa shape index (κ1) is 9.95. The predicted molar refractivity (Wildman–Crippen MR) is 55.9 cm³/mol. The van der Waals surface area contributed by atoms with Gasteiger partial charge in [0.05, 0.1) is 12.5 Å². The third-order valence-electron chi connectivity index (χ3n) is 3.42. The molecular formula is C11H19N3. The standard InChI is InChI=1S/C11H19N3/c1-10(4-5-12)13-6-8-14(9-7-13)11-2-3-11/h10-11H,2-4,6-9H2,1H3. The van der Waals surface area contributed by atoms with E-state index in [1.54, 1.807) is 0 Å². The van der Waals surface area contributed by atoms with Gasteiger partial charge in [0.25, 0.3) is 0 Å². The van der Waals surface area contributed by atoms with E-state index in [0.717, 1.165) is 19.1 Å². The van der Waals surface area contributed by atoms with Gasteiger partial charge in [-0.1, -0.05) is 0 Å². The topological polar surface area (TPSA) is 30.3 Å². The van der Waals surface area contributed by atoms with E-state index in [0.29, 0.717) is 12.5 Å². The molecule has 2 fully saturated rings. The predicted octanol–water partition coefficient (Wildman–Crippen LogP) is 1.07. The second-order valence-corrected chi connectivity index (χ2v) is 4.51. The number of nitriles is 1. The fraction of sp³-hybridized carbons (Fsp3) is 0.909. The number of hydrogen-bond donors (Lipinski definition) is 0. The molecule has 0 radical (unpaired) electrons. The highest BCUT2D eigenvalue weighted by Gasteiger charge is 2.31. The van der Waals surface area contributed by atoms with Crippen LogP contribution in [0.25, 0.3) is 0 Å². The van der Waals surface area contributed by atoms with Gasteiger partial charge in [-0.15, -0.1) is 0 Å². The van der Waals surface area contributed by atoms with E-state index >= 15 is 0 Å². The zero-order valence-electron chi connectivity index (χ0n) is 8.95. The third kappa shape index (κ3) is 2.26. The van der Waals surface area contributed by atoms with Gasteiger partial charge in [-0.05, 0) is 19.8 Å². The van der Waals surface area contributed by atoms with Crippen LogP contribution >= 0.6 is 0 Å². The van der Waals surface area contributed by atoms with Gasteiger partial charge < -0.3 is 0 Å². The number of piperazine rings is 1. The van der Waals surface area contributed by atoms with Crippen LogP contribution in [0.1, 0.15) is 26.2 Å². The quantitative estimate of drug-likeness (QED) is 0.671. The molecule has 0 aromatic heterocycles. The lowest BCUT2D eigenvalue weighted by Crippen LogP contribution is -2.50. The molecule has 0 bridgehead atoms. The summed E-state index contributed by atoms with van der Waals surface area (Å²) in [5.74, 6) is 0. The number of nitrogens with zero attached hydrogens (tertiary/aromatic N) is 3. The van der Waals surface area contributed by atoms with Crippen LogP contribution in [0.5, 0.6) is 0 Å². The molecule has 14 heavy (non-hydrogen) atoms. The van der Waals surface area contributed by atoms with Crippen molar-refractivity contribution in [2.45, 2.75) is 38.3 Å². The maximum atomic E-state index is 8.63. The van der Waals surface area contributed by atoms with Gasteiger partial charge in [0.15, 0.2) is 0 Å². The SMILES string of the molecule is CC(CC#N)N1CCN(C2CC2)CC1. The summed E-state index contributed by atoms with van der Waals surface area (Å²) in [4.78, 5) is 5.05. The highest BCUT2D eigenvalue weighted by atomic mass is 15.3. The van der Waals surface area contributed by atoms with E-state index in [-0.39, 0.29) is 0 Å². The van der Waals surface area contributed by atoms with Crippen molar-refractivity contribution in [3.05, 3.63) is 0 Å². The Labute approximate surface area is 86.3 Å². The lowest BCUT2D eigenvalue weighted by Gasteiger charge is -2.37. The largest absolute Gasteiger partial charge is 0.298 e. The number of rotatable bonds is 3. The average molecular weight is 193 g/mol. The van der Waals surface area contributed by atoms with Crippen molar-refractivity contribution in [3.63, 3.8) is 0 Å². The van der Waals surface area contributed by atoms with Gasteiger partial charge in [-0.3, -0.25) is 9.80 Å². The Bertz CT molecular complexity index is 221. The maximum absolute atomic E-state index is 8.63. The lowest BCUT2D eigenvalue weighted by molar-refractivity contribution is 0.0989. The molecule has 1 heterocycles. The second kappa shape index (κ2) is 4.29. The molecule has 2 aliphatic rings. The maximum Gasteiger partial charge on any atom is 0.0638 e. The van der Waals surface area contributed by atoms with E-state index in [9.17, 15) is 0 Å². The molecular weight excluding hydrogens is 174 g/mol. The monoisotopic (exact) mass is 193 g/mol. The minimum absolute atomic E-state index is 0.446. The van der Waals surface area contributed by atoms with Crippen LogP contribution in [-0.4, -0.2) is 48.1 Å². The van der Waals surface area contributed by atoms with Crippen LogP contribution in [-0.2, 0) is 0 Å². The van der Waals surface area contributed by atoms with Crippen molar-refractivity contribution in [1.29, 1.82) is 5.26 Å². The summed E-state index contributed by atoms with van der Waals surface area (Å²) >= 11 is 0. The fourth-order valence-electron chi connectivity index (χ4n) is 2.24. The fourth-order valence-corrected chi connectivity index (χ4v) is 2.24. The van der Waals surface area contributed by atoms with Gasteiger partial charge in [0.1, 0.15) is 0 Å². The summed E-state index contributed by atoms with van der Waals surface area (Å²) in [6, 6.07) is 3.61. The third-order valence-corrected chi connectivity index (χ3v) is 3.42. The molecule has 78 valence electrons. The Kier molecular flexibility index (Phi) is 3.05. The second-order valence-electron chi connectivity index (χ2n) is 4.51. The van der Waals surface area contributed by atoms with Crippen molar-refractivity contribution >= 4 is 0 Å². The molecule has 0 amide bonds. The van der Waals surface area contributed by atoms with Gasteiger partial charge >= 0.3 is 0 Å². The zero-order valence-corrected chi connectivity index (χ0v) is 8.95. The van der Waals surface area contributed by atoms with Crippen LogP contribution < -0.4 is 0 Å². The van der Waals surface area contributed by atoms with Crippen LogP contribution in [0.4, 0.5) is 0 Å². The normalized spacial score (nSPS) is 27.1. The van der Waals surface area contributed by atoms with Crippen molar-refractivity contribution in [2.75, 3.05) is 26.2 Å². The first-order valence-corrected chi connectivity index (χ1v) is 5.66. The summed E-state index contributed by atoms with van der Waals surface area (Å²) in [6.07, 6.45) is 3.49. The summed E-state index contributed by atoms with van der Waals surface area (Å²) in [7, 11) is 0. The number of hydrogen-bond acceptors (Lipinski definition) is 3. The lowest BCUT2D eigenvalue weighted by atomic mass is 10.2. The van der Waals surface area contributed by atoms with Crippen molar-refractivity contribution < 1.29 is 0 Å². The zero-order chi connectivity index (χ0) is 9.97. The summed E-state index contributed by atoms with van der Waals surface area (Å²) in [5, 5.41) is 8.63. The van der Waals surface area contributed by atoms with E-state index in [2.05, 4.69) is 22.8 Å². The molecule has 1 saturated carbocycles. The van der Waals surface area contributed by atoms with Crippen LogP contribution in [0.2, 0.25) is 0 Å².